The lowest BCUT2D eigenvalue weighted by Gasteiger charge is -2.25. The molecule has 2 rings (SSSR count). The number of ether oxygens (including phenoxy) is 2. The SMILES string of the molecule is COCc1cc(C(C)NC(C)C2CCCC2)ccc1OC. The van der Waals surface area contributed by atoms with E-state index in [1.807, 2.05) is 6.07 Å². The molecular weight excluding hydrogens is 262 g/mol. The topological polar surface area (TPSA) is 30.5 Å². The van der Waals surface area contributed by atoms with Crippen LogP contribution in [0.3, 0.4) is 0 Å². The monoisotopic (exact) mass is 291 g/mol. The molecule has 0 saturated heterocycles. The maximum absolute atomic E-state index is 5.39. The van der Waals surface area contributed by atoms with Gasteiger partial charge in [-0.1, -0.05) is 18.9 Å². The highest BCUT2D eigenvalue weighted by molar-refractivity contribution is 5.38. The fourth-order valence-electron chi connectivity index (χ4n) is 3.42. The van der Waals surface area contributed by atoms with Crippen molar-refractivity contribution in [3.8, 4) is 5.75 Å². The Labute approximate surface area is 129 Å². The Bertz CT molecular complexity index is 441. The number of hydrogen-bond acceptors (Lipinski definition) is 3. The van der Waals surface area contributed by atoms with Crippen molar-refractivity contribution >= 4 is 0 Å². The van der Waals surface area contributed by atoms with Gasteiger partial charge in [0.05, 0.1) is 13.7 Å². The summed E-state index contributed by atoms with van der Waals surface area (Å²) in [6.45, 7) is 5.15. The molecule has 1 aliphatic carbocycles. The average Bonchev–Trinajstić information content (AvgIpc) is 3.01. The van der Waals surface area contributed by atoms with Crippen LogP contribution in [-0.2, 0) is 11.3 Å². The van der Waals surface area contributed by atoms with Crippen molar-refractivity contribution in [2.75, 3.05) is 14.2 Å². The predicted molar refractivity (Wildman–Crippen MR) is 86.7 cm³/mol. The van der Waals surface area contributed by atoms with E-state index in [4.69, 9.17) is 9.47 Å². The van der Waals surface area contributed by atoms with Crippen molar-refractivity contribution in [3.63, 3.8) is 0 Å². The summed E-state index contributed by atoms with van der Waals surface area (Å²) in [4.78, 5) is 0. The lowest BCUT2D eigenvalue weighted by Crippen LogP contribution is -2.34. The molecule has 1 aliphatic rings. The Morgan fingerprint density at radius 2 is 1.90 bits per heavy atom. The molecule has 3 nitrogen and oxygen atoms in total. The number of rotatable bonds is 7. The fraction of sp³-hybridized carbons (Fsp3) is 0.667. The van der Waals surface area contributed by atoms with Crippen LogP contribution in [0.4, 0.5) is 0 Å². The van der Waals surface area contributed by atoms with Crippen LogP contribution >= 0.6 is 0 Å². The minimum Gasteiger partial charge on any atom is -0.496 e. The highest BCUT2D eigenvalue weighted by Crippen LogP contribution is 2.29. The van der Waals surface area contributed by atoms with Crippen LogP contribution < -0.4 is 10.1 Å². The van der Waals surface area contributed by atoms with Crippen LogP contribution in [0, 0.1) is 5.92 Å². The summed E-state index contributed by atoms with van der Waals surface area (Å²) >= 11 is 0. The maximum atomic E-state index is 5.39. The molecule has 0 heterocycles. The number of nitrogens with one attached hydrogen (secondary N) is 1. The van der Waals surface area contributed by atoms with Gasteiger partial charge in [0, 0.05) is 24.8 Å². The number of methoxy groups -OCH3 is 2. The molecular formula is C18H29NO2. The van der Waals surface area contributed by atoms with Crippen LogP contribution in [0.2, 0.25) is 0 Å². The van der Waals surface area contributed by atoms with Gasteiger partial charge in [0.2, 0.25) is 0 Å². The van der Waals surface area contributed by atoms with Crippen LogP contribution in [0.1, 0.15) is 56.7 Å². The van der Waals surface area contributed by atoms with Gasteiger partial charge < -0.3 is 14.8 Å². The largest absolute Gasteiger partial charge is 0.496 e. The van der Waals surface area contributed by atoms with Crippen molar-refractivity contribution in [1.82, 2.24) is 5.32 Å². The normalized spacial score (nSPS) is 18.7. The van der Waals surface area contributed by atoms with Gasteiger partial charge >= 0.3 is 0 Å². The minimum atomic E-state index is 0.349. The Balaban J connectivity index is 2.03. The van der Waals surface area contributed by atoms with Gasteiger partial charge in [0.1, 0.15) is 5.75 Å². The highest BCUT2D eigenvalue weighted by Gasteiger charge is 2.23. The third-order valence-electron chi connectivity index (χ3n) is 4.72. The molecule has 0 aromatic heterocycles. The van der Waals surface area contributed by atoms with E-state index in [0.717, 1.165) is 17.2 Å². The van der Waals surface area contributed by atoms with Gasteiger partial charge in [-0.2, -0.15) is 0 Å². The second kappa shape index (κ2) is 7.81. The van der Waals surface area contributed by atoms with Crippen molar-refractivity contribution in [3.05, 3.63) is 29.3 Å². The predicted octanol–water partition coefficient (Wildman–Crippen LogP) is 4.07. The van der Waals surface area contributed by atoms with Gasteiger partial charge in [-0.25, -0.2) is 0 Å². The molecule has 1 aromatic carbocycles. The van der Waals surface area contributed by atoms with E-state index in [0.29, 0.717) is 18.7 Å². The summed E-state index contributed by atoms with van der Waals surface area (Å²) in [5, 5.41) is 3.76. The smallest absolute Gasteiger partial charge is 0.124 e. The van der Waals surface area contributed by atoms with Crippen molar-refractivity contribution < 1.29 is 9.47 Å². The highest BCUT2D eigenvalue weighted by atomic mass is 16.5. The summed E-state index contributed by atoms with van der Waals surface area (Å²) < 4.78 is 10.7. The third-order valence-corrected chi connectivity index (χ3v) is 4.72. The molecule has 2 unspecified atom stereocenters. The molecule has 2 atom stereocenters. The molecule has 0 aliphatic heterocycles. The molecule has 0 radical (unpaired) electrons. The van der Waals surface area contributed by atoms with E-state index in [1.54, 1.807) is 14.2 Å². The first kappa shape index (κ1) is 16.3. The first-order chi connectivity index (χ1) is 10.2. The molecule has 1 saturated carbocycles. The molecule has 1 N–H and O–H groups in total. The molecule has 0 spiro atoms. The zero-order chi connectivity index (χ0) is 15.2. The summed E-state index contributed by atoms with van der Waals surface area (Å²) in [5.74, 6) is 1.74. The molecule has 21 heavy (non-hydrogen) atoms. The third kappa shape index (κ3) is 4.21. The van der Waals surface area contributed by atoms with Gasteiger partial charge in [0.15, 0.2) is 0 Å². The van der Waals surface area contributed by atoms with Gasteiger partial charge in [-0.15, -0.1) is 0 Å². The molecule has 1 aromatic rings. The minimum absolute atomic E-state index is 0.349. The lowest BCUT2D eigenvalue weighted by molar-refractivity contribution is 0.181. The van der Waals surface area contributed by atoms with Crippen LogP contribution in [-0.4, -0.2) is 20.3 Å². The van der Waals surface area contributed by atoms with E-state index in [-0.39, 0.29) is 0 Å². The number of benzene rings is 1. The lowest BCUT2D eigenvalue weighted by atomic mass is 9.97. The Morgan fingerprint density at radius 3 is 2.52 bits per heavy atom. The summed E-state index contributed by atoms with van der Waals surface area (Å²) in [6.07, 6.45) is 5.54. The molecule has 0 amide bonds. The quantitative estimate of drug-likeness (QED) is 0.821. The number of hydrogen-bond donors (Lipinski definition) is 1. The first-order valence-corrected chi connectivity index (χ1v) is 8.07. The zero-order valence-electron chi connectivity index (χ0n) is 13.8. The Hall–Kier alpha value is -1.06. The van der Waals surface area contributed by atoms with Gasteiger partial charge in [-0.3, -0.25) is 0 Å². The maximum Gasteiger partial charge on any atom is 0.124 e. The molecule has 118 valence electrons. The zero-order valence-corrected chi connectivity index (χ0v) is 13.8. The molecule has 3 heteroatoms. The standard InChI is InChI=1S/C18H29NO2/c1-13(15-7-5-6-8-15)19-14(2)16-9-10-18(21-4)17(11-16)12-20-3/h9-11,13-15,19H,5-8,12H2,1-4H3. The summed E-state index contributed by atoms with van der Waals surface area (Å²) in [5.41, 5.74) is 2.41. The van der Waals surface area contributed by atoms with Crippen molar-refractivity contribution in [2.45, 2.75) is 58.2 Å². The summed E-state index contributed by atoms with van der Waals surface area (Å²) in [6, 6.07) is 7.32. The van der Waals surface area contributed by atoms with E-state index in [9.17, 15) is 0 Å². The molecule has 0 bridgehead atoms. The van der Waals surface area contributed by atoms with Crippen molar-refractivity contribution in [1.29, 1.82) is 0 Å². The van der Waals surface area contributed by atoms with Crippen LogP contribution in [0.5, 0.6) is 5.75 Å². The summed E-state index contributed by atoms with van der Waals surface area (Å²) in [7, 11) is 3.42. The van der Waals surface area contributed by atoms with Crippen molar-refractivity contribution in [2.24, 2.45) is 5.92 Å². The Morgan fingerprint density at radius 1 is 1.19 bits per heavy atom. The molecule has 1 fully saturated rings. The van der Waals surface area contributed by atoms with E-state index >= 15 is 0 Å². The fourth-order valence-corrected chi connectivity index (χ4v) is 3.42. The average molecular weight is 291 g/mol. The van der Waals surface area contributed by atoms with E-state index in [1.165, 1.54) is 31.2 Å². The van der Waals surface area contributed by atoms with E-state index < -0.39 is 0 Å². The Kier molecular flexibility index (Phi) is 6.07. The van der Waals surface area contributed by atoms with Crippen LogP contribution in [0.15, 0.2) is 18.2 Å². The van der Waals surface area contributed by atoms with E-state index in [2.05, 4.69) is 31.3 Å². The van der Waals surface area contributed by atoms with Gasteiger partial charge in [-0.05, 0) is 50.3 Å². The second-order valence-corrected chi connectivity index (χ2v) is 6.23. The van der Waals surface area contributed by atoms with Crippen LogP contribution in [0.25, 0.3) is 0 Å². The first-order valence-electron chi connectivity index (χ1n) is 8.07. The van der Waals surface area contributed by atoms with Gasteiger partial charge in [0.25, 0.3) is 0 Å². The second-order valence-electron chi connectivity index (χ2n) is 6.23.